The van der Waals surface area contributed by atoms with Gasteiger partial charge in [-0.05, 0) is 12.8 Å². The van der Waals surface area contributed by atoms with Gasteiger partial charge in [-0.3, -0.25) is 4.79 Å². The molecule has 0 aromatic carbocycles. The number of ether oxygens (including phenoxy) is 6. The van der Waals surface area contributed by atoms with Crippen LogP contribution in [0.5, 0.6) is 0 Å². The smallest absolute Gasteiger partial charge is 0.251 e. The minimum Gasteiger partial charge on any atom is -0.394 e. The van der Waals surface area contributed by atoms with Crippen LogP contribution in [0.3, 0.4) is 0 Å². The van der Waals surface area contributed by atoms with Gasteiger partial charge in [0.25, 0.3) is 5.91 Å². The number of aliphatic hydroxyl groups is 8. The molecule has 1 aliphatic carbocycles. The molecule has 0 aromatic heterocycles. The Balaban J connectivity index is 1.56. The molecule has 0 spiro atoms. The van der Waals surface area contributed by atoms with E-state index in [9.17, 15) is 45.6 Å². The largest absolute Gasteiger partial charge is 0.394 e. The van der Waals surface area contributed by atoms with Crippen molar-refractivity contribution in [2.75, 3.05) is 26.2 Å². The van der Waals surface area contributed by atoms with Gasteiger partial charge in [0.05, 0.1) is 36.9 Å². The molecule has 49 heavy (non-hydrogen) atoms. The molecule has 4 rings (SSSR count). The van der Waals surface area contributed by atoms with Gasteiger partial charge in [-0.25, -0.2) is 0 Å². The maximum atomic E-state index is 12.7. The summed E-state index contributed by atoms with van der Waals surface area (Å²) < 4.78 is 35.1. The Morgan fingerprint density at radius 2 is 1.31 bits per heavy atom. The standard InChI is InChI=1S/C27H53N7O15/c28-3-11(37)17(39)24(43)34-9-1-7(31)21(47-25-8(32)2-10(36)12(4-29)44-25)23(16(9)38)49-27-20(42)22(14(6-35)46-27)48-26-15(33)19(41)18(40)13(5-30)45-26/h7-23,25-27,35-42H,1-6,28-33H2,(H,34,43)/t7-,8+,9+,10-,11+,12+,13-,14+,15+,16-,17?,18+,19+,20+,21+,22+,23+,25+,26+,27-/m0/s1. The van der Waals surface area contributed by atoms with Crippen molar-refractivity contribution < 1.29 is 74.1 Å². The zero-order valence-corrected chi connectivity index (χ0v) is 26.7. The van der Waals surface area contributed by atoms with Crippen LogP contribution in [0, 0.1) is 0 Å². The van der Waals surface area contributed by atoms with E-state index in [0.29, 0.717) is 0 Å². The van der Waals surface area contributed by atoms with E-state index in [2.05, 4.69) is 5.32 Å². The number of hydrogen-bond acceptors (Lipinski definition) is 21. The van der Waals surface area contributed by atoms with Gasteiger partial charge in [-0.1, -0.05) is 0 Å². The first-order valence-corrected chi connectivity index (χ1v) is 16.1. The van der Waals surface area contributed by atoms with Gasteiger partial charge in [0.1, 0.15) is 61.0 Å². The summed E-state index contributed by atoms with van der Waals surface area (Å²) in [4.78, 5) is 12.7. The number of rotatable bonds is 13. The topological polar surface area (TPSA) is 402 Å². The van der Waals surface area contributed by atoms with Crippen LogP contribution in [0.1, 0.15) is 12.8 Å². The molecule has 286 valence electrons. The number of aliphatic hydroxyl groups excluding tert-OH is 8. The third-order valence-corrected chi connectivity index (χ3v) is 9.38. The maximum absolute atomic E-state index is 12.7. The summed E-state index contributed by atoms with van der Waals surface area (Å²) in [7, 11) is 0. The average molecular weight is 716 g/mol. The normalized spacial score (nSPS) is 47.5. The van der Waals surface area contributed by atoms with Crippen molar-refractivity contribution in [1.29, 1.82) is 0 Å². The summed E-state index contributed by atoms with van der Waals surface area (Å²) in [6.45, 7) is -1.42. The Labute approximate surface area is 281 Å². The monoisotopic (exact) mass is 715 g/mol. The lowest BCUT2D eigenvalue weighted by molar-refractivity contribution is -0.296. The lowest BCUT2D eigenvalue weighted by Gasteiger charge is -2.47. The predicted molar refractivity (Wildman–Crippen MR) is 162 cm³/mol. The number of nitrogens with one attached hydrogen (secondary N) is 1. The van der Waals surface area contributed by atoms with Gasteiger partial charge in [-0.15, -0.1) is 0 Å². The lowest BCUT2D eigenvalue weighted by atomic mass is 9.83. The minimum absolute atomic E-state index is 0.0480. The molecule has 0 radical (unpaired) electrons. The number of nitrogens with two attached hydrogens (primary N) is 6. The van der Waals surface area contributed by atoms with E-state index in [1.165, 1.54) is 0 Å². The van der Waals surface area contributed by atoms with Crippen LogP contribution < -0.4 is 39.7 Å². The summed E-state index contributed by atoms with van der Waals surface area (Å²) in [6.07, 6.45) is -22.6. The number of hydrogen-bond donors (Lipinski definition) is 15. The number of carbonyl (C=O) groups is 1. The fourth-order valence-corrected chi connectivity index (χ4v) is 6.40. The molecule has 1 unspecified atom stereocenters. The first-order chi connectivity index (χ1) is 23.2. The third-order valence-electron chi connectivity index (χ3n) is 9.38. The second kappa shape index (κ2) is 17.5. The summed E-state index contributed by atoms with van der Waals surface area (Å²) in [6, 6.07) is -4.42. The molecular weight excluding hydrogens is 662 g/mol. The fraction of sp³-hybridized carbons (Fsp3) is 0.963. The van der Waals surface area contributed by atoms with Crippen LogP contribution in [-0.2, 0) is 33.2 Å². The van der Waals surface area contributed by atoms with Gasteiger partial charge in [0.2, 0.25) is 0 Å². The molecule has 20 atom stereocenters. The first kappa shape index (κ1) is 40.4. The summed E-state index contributed by atoms with van der Waals surface area (Å²) >= 11 is 0. The van der Waals surface area contributed by atoms with Crippen molar-refractivity contribution in [2.24, 2.45) is 34.4 Å². The quantitative estimate of drug-likeness (QED) is 0.0841. The van der Waals surface area contributed by atoms with Crippen molar-refractivity contribution in [1.82, 2.24) is 5.32 Å². The highest BCUT2D eigenvalue weighted by molar-refractivity contribution is 5.81. The Hall–Kier alpha value is -1.33. The zero-order valence-electron chi connectivity index (χ0n) is 26.7. The highest BCUT2D eigenvalue weighted by Gasteiger charge is 2.54. The second-order valence-corrected chi connectivity index (χ2v) is 12.9. The Morgan fingerprint density at radius 1 is 0.714 bits per heavy atom. The molecular formula is C27H53N7O15. The lowest BCUT2D eigenvalue weighted by Crippen LogP contribution is -2.67. The molecule has 0 bridgehead atoms. The minimum atomic E-state index is -1.94. The fourth-order valence-electron chi connectivity index (χ4n) is 6.40. The molecule has 1 amide bonds. The van der Waals surface area contributed by atoms with Crippen molar-refractivity contribution in [3.05, 3.63) is 0 Å². The maximum Gasteiger partial charge on any atom is 0.251 e. The zero-order chi connectivity index (χ0) is 36.3. The van der Waals surface area contributed by atoms with Crippen molar-refractivity contribution in [3.8, 4) is 0 Å². The van der Waals surface area contributed by atoms with Crippen LogP contribution in [0.25, 0.3) is 0 Å². The molecule has 22 heteroatoms. The Morgan fingerprint density at radius 3 is 1.92 bits per heavy atom. The number of amides is 1. The molecule has 0 aromatic rings. The van der Waals surface area contributed by atoms with Crippen LogP contribution in [0.2, 0.25) is 0 Å². The molecule has 22 nitrogen and oxygen atoms in total. The molecule has 3 aliphatic heterocycles. The summed E-state index contributed by atoms with van der Waals surface area (Å²) in [5.74, 6) is -1.07. The summed E-state index contributed by atoms with van der Waals surface area (Å²) in [5.41, 5.74) is 35.4. The van der Waals surface area contributed by atoms with Crippen molar-refractivity contribution in [2.45, 2.75) is 135 Å². The highest BCUT2D eigenvalue weighted by atomic mass is 16.8. The van der Waals surface area contributed by atoms with E-state index in [-0.39, 0.29) is 25.9 Å². The van der Waals surface area contributed by atoms with Crippen LogP contribution in [-0.4, -0.2) is 195 Å². The van der Waals surface area contributed by atoms with Gasteiger partial charge in [-0.2, -0.15) is 0 Å². The van der Waals surface area contributed by atoms with Crippen LogP contribution in [0.15, 0.2) is 0 Å². The molecule has 1 saturated carbocycles. The third kappa shape index (κ3) is 8.83. The van der Waals surface area contributed by atoms with Crippen LogP contribution >= 0.6 is 0 Å². The molecule has 4 aliphatic rings. The van der Waals surface area contributed by atoms with E-state index < -0.39 is 141 Å². The second-order valence-electron chi connectivity index (χ2n) is 12.9. The molecule has 3 heterocycles. The van der Waals surface area contributed by atoms with Gasteiger partial charge < -0.3 is 109 Å². The van der Waals surface area contributed by atoms with E-state index in [1.54, 1.807) is 0 Å². The van der Waals surface area contributed by atoms with Gasteiger partial charge >= 0.3 is 0 Å². The van der Waals surface area contributed by atoms with Crippen molar-refractivity contribution >= 4 is 5.91 Å². The van der Waals surface area contributed by atoms with Crippen molar-refractivity contribution in [3.63, 3.8) is 0 Å². The molecule has 4 fully saturated rings. The molecule has 3 saturated heterocycles. The predicted octanol–water partition coefficient (Wildman–Crippen LogP) is -10.0. The average Bonchev–Trinajstić information content (AvgIpc) is 3.38. The highest BCUT2D eigenvalue weighted by Crippen LogP contribution is 2.34. The van der Waals surface area contributed by atoms with Gasteiger partial charge in [0.15, 0.2) is 25.0 Å². The van der Waals surface area contributed by atoms with E-state index >= 15 is 0 Å². The van der Waals surface area contributed by atoms with Crippen LogP contribution in [0.4, 0.5) is 0 Å². The van der Waals surface area contributed by atoms with E-state index in [0.717, 1.165) is 0 Å². The van der Waals surface area contributed by atoms with E-state index in [4.69, 9.17) is 62.8 Å². The SMILES string of the molecule is NC[C@@H](O)C(O)C(=O)N[C@@H]1C[C@H](N)[C@@H](O[C@H]2O[C@H](CN)[C@@H](O)C[C@H]2N)[C@H](O[C@@H]2O[C@H](CO)[C@@H](O[C@H]3O[C@@H](CN)[C@@H](O)[C@H](O)[C@H]3N)[C@H]2O)[C@H]1O. The van der Waals surface area contributed by atoms with E-state index in [1.807, 2.05) is 0 Å². The number of carbonyl (C=O) groups excluding carboxylic acids is 1. The summed E-state index contributed by atoms with van der Waals surface area (Å²) in [5, 5.41) is 86.2. The van der Waals surface area contributed by atoms with Gasteiger partial charge in [0, 0.05) is 25.7 Å². The molecule has 21 N–H and O–H groups in total. The Bertz CT molecular complexity index is 1060. The first-order valence-electron chi connectivity index (χ1n) is 16.1. The Kier molecular flexibility index (Phi) is 14.4.